The zero-order chi connectivity index (χ0) is 9.68. The van der Waals surface area contributed by atoms with Crippen molar-refractivity contribution in [1.29, 1.82) is 0 Å². The van der Waals surface area contributed by atoms with Crippen LogP contribution in [-0.4, -0.2) is 45.8 Å². The number of hydrogen-bond donors (Lipinski definition) is 1. The first kappa shape index (κ1) is 10.2. The van der Waals surface area contributed by atoms with Gasteiger partial charge < -0.3 is 14.6 Å². The van der Waals surface area contributed by atoms with Crippen LogP contribution in [0.1, 0.15) is 6.92 Å². The van der Waals surface area contributed by atoms with Crippen molar-refractivity contribution < 1.29 is 5.11 Å². The molecule has 0 radical (unpaired) electrons. The molecule has 0 aliphatic rings. The molecule has 4 heteroatoms. The minimum Gasteiger partial charge on any atom is -0.392 e. The summed E-state index contributed by atoms with van der Waals surface area (Å²) in [6.45, 7) is 4.37. The molecule has 0 amide bonds. The number of rotatable bonds is 5. The van der Waals surface area contributed by atoms with E-state index in [4.69, 9.17) is 5.11 Å². The van der Waals surface area contributed by atoms with Crippen molar-refractivity contribution in [2.75, 3.05) is 20.1 Å². The Bertz CT molecular complexity index is 221. The fourth-order valence-electron chi connectivity index (χ4n) is 1.25. The standard InChI is InChI=1S/C9H17N3O/c1-9(13)7-11(2)5-6-12-4-3-10-8-12/h3-4,8-9,13H,5-7H2,1-2H3. The van der Waals surface area contributed by atoms with Crippen LogP contribution >= 0.6 is 0 Å². The van der Waals surface area contributed by atoms with Crippen LogP contribution in [0.2, 0.25) is 0 Å². The smallest absolute Gasteiger partial charge is 0.0946 e. The largest absolute Gasteiger partial charge is 0.392 e. The Balaban J connectivity index is 2.19. The molecule has 0 fully saturated rings. The van der Waals surface area contributed by atoms with Crippen LogP contribution in [0, 0.1) is 0 Å². The van der Waals surface area contributed by atoms with Gasteiger partial charge in [0.1, 0.15) is 0 Å². The molecule has 0 spiro atoms. The summed E-state index contributed by atoms with van der Waals surface area (Å²) in [4.78, 5) is 6.06. The Morgan fingerprint density at radius 2 is 2.38 bits per heavy atom. The molecule has 74 valence electrons. The van der Waals surface area contributed by atoms with E-state index in [9.17, 15) is 0 Å². The van der Waals surface area contributed by atoms with E-state index in [1.54, 1.807) is 19.4 Å². The van der Waals surface area contributed by atoms with Gasteiger partial charge in [-0.3, -0.25) is 0 Å². The lowest BCUT2D eigenvalue weighted by molar-refractivity contribution is 0.139. The molecule has 0 saturated heterocycles. The second kappa shape index (κ2) is 4.99. The van der Waals surface area contributed by atoms with Gasteiger partial charge in [0.05, 0.1) is 12.4 Å². The Kier molecular flexibility index (Phi) is 3.92. The van der Waals surface area contributed by atoms with Gasteiger partial charge in [-0.15, -0.1) is 0 Å². The maximum absolute atomic E-state index is 9.12. The molecule has 4 nitrogen and oxygen atoms in total. The van der Waals surface area contributed by atoms with Crippen molar-refractivity contribution in [1.82, 2.24) is 14.5 Å². The molecule has 13 heavy (non-hydrogen) atoms. The van der Waals surface area contributed by atoms with Gasteiger partial charge in [-0.05, 0) is 14.0 Å². The quantitative estimate of drug-likeness (QED) is 0.709. The van der Waals surface area contributed by atoms with E-state index < -0.39 is 0 Å². The number of aliphatic hydroxyl groups is 1. The van der Waals surface area contributed by atoms with E-state index >= 15 is 0 Å². The lowest BCUT2D eigenvalue weighted by atomic mass is 10.4. The van der Waals surface area contributed by atoms with Gasteiger partial charge in [0.2, 0.25) is 0 Å². The summed E-state index contributed by atoms with van der Waals surface area (Å²) in [6, 6.07) is 0. The Morgan fingerprint density at radius 3 is 2.92 bits per heavy atom. The molecule has 0 aromatic carbocycles. The third-order valence-electron chi connectivity index (χ3n) is 1.88. The monoisotopic (exact) mass is 183 g/mol. The number of aromatic nitrogens is 2. The summed E-state index contributed by atoms with van der Waals surface area (Å²) >= 11 is 0. The average molecular weight is 183 g/mol. The van der Waals surface area contributed by atoms with E-state index in [2.05, 4.69) is 9.88 Å². The number of hydrogen-bond acceptors (Lipinski definition) is 3. The Morgan fingerprint density at radius 1 is 1.62 bits per heavy atom. The Labute approximate surface area is 78.8 Å². The molecule has 1 heterocycles. The van der Waals surface area contributed by atoms with E-state index in [1.807, 2.05) is 17.8 Å². The van der Waals surface area contributed by atoms with Gasteiger partial charge in [-0.2, -0.15) is 0 Å². The molecule has 1 atom stereocenters. The molecule has 0 saturated carbocycles. The van der Waals surface area contributed by atoms with Crippen molar-refractivity contribution in [2.24, 2.45) is 0 Å². The summed E-state index contributed by atoms with van der Waals surface area (Å²) in [7, 11) is 2.00. The third-order valence-corrected chi connectivity index (χ3v) is 1.88. The van der Waals surface area contributed by atoms with E-state index in [1.165, 1.54) is 0 Å². The molecule has 0 bridgehead atoms. The second-order valence-electron chi connectivity index (χ2n) is 3.41. The van der Waals surface area contributed by atoms with Gasteiger partial charge in [0.25, 0.3) is 0 Å². The minimum absolute atomic E-state index is 0.257. The minimum atomic E-state index is -0.257. The zero-order valence-corrected chi connectivity index (χ0v) is 8.22. The molecule has 1 aromatic rings. The van der Waals surface area contributed by atoms with Gasteiger partial charge >= 0.3 is 0 Å². The first-order valence-electron chi connectivity index (χ1n) is 4.51. The predicted molar refractivity (Wildman–Crippen MR) is 51.4 cm³/mol. The maximum atomic E-state index is 9.12. The number of aliphatic hydroxyl groups excluding tert-OH is 1. The van der Waals surface area contributed by atoms with Crippen molar-refractivity contribution in [3.05, 3.63) is 18.7 Å². The summed E-state index contributed by atoms with van der Waals surface area (Å²) in [5.41, 5.74) is 0. The number of likely N-dealkylation sites (N-methyl/N-ethyl adjacent to an activating group) is 1. The summed E-state index contributed by atoms with van der Waals surface area (Å²) in [5.74, 6) is 0. The van der Waals surface area contributed by atoms with Crippen LogP contribution in [0.25, 0.3) is 0 Å². The molecule has 0 aliphatic heterocycles. The average Bonchev–Trinajstić information content (AvgIpc) is 2.51. The van der Waals surface area contributed by atoms with Crippen molar-refractivity contribution in [3.8, 4) is 0 Å². The van der Waals surface area contributed by atoms with Gasteiger partial charge in [0, 0.05) is 32.0 Å². The SMILES string of the molecule is CC(O)CN(C)CCn1ccnc1. The molecule has 1 N–H and O–H groups in total. The van der Waals surface area contributed by atoms with Crippen molar-refractivity contribution in [2.45, 2.75) is 19.6 Å². The van der Waals surface area contributed by atoms with Crippen LogP contribution in [0.5, 0.6) is 0 Å². The lowest BCUT2D eigenvalue weighted by Gasteiger charge is -2.18. The topological polar surface area (TPSA) is 41.3 Å². The fraction of sp³-hybridized carbons (Fsp3) is 0.667. The highest BCUT2D eigenvalue weighted by atomic mass is 16.3. The molecule has 1 aromatic heterocycles. The zero-order valence-electron chi connectivity index (χ0n) is 8.22. The summed E-state index contributed by atoms with van der Waals surface area (Å²) < 4.78 is 2.03. The molecule has 1 rings (SSSR count). The molecular weight excluding hydrogens is 166 g/mol. The molecule has 1 unspecified atom stereocenters. The fourth-order valence-corrected chi connectivity index (χ4v) is 1.25. The second-order valence-corrected chi connectivity index (χ2v) is 3.41. The molecular formula is C9H17N3O. The first-order valence-corrected chi connectivity index (χ1v) is 4.51. The van der Waals surface area contributed by atoms with Crippen LogP contribution in [0.15, 0.2) is 18.7 Å². The van der Waals surface area contributed by atoms with Crippen LogP contribution in [0.3, 0.4) is 0 Å². The van der Waals surface area contributed by atoms with E-state index in [-0.39, 0.29) is 6.10 Å². The van der Waals surface area contributed by atoms with Gasteiger partial charge in [0.15, 0.2) is 0 Å². The van der Waals surface area contributed by atoms with Gasteiger partial charge in [-0.1, -0.05) is 0 Å². The summed E-state index contributed by atoms with van der Waals surface area (Å²) in [6.07, 6.45) is 5.26. The highest BCUT2D eigenvalue weighted by Crippen LogP contribution is 1.91. The number of imidazole rings is 1. The molecule has 0 aliphatic carbocycles. The van der Waals surface area contributed by atoms with Gasteiger partial charge in [-0.25, -0.2) is 4.98 Å². The highest BCUT2D eigenvalue weighted by Gasteiger charge is 2.01. The van der Waals surface area contributed by atoms with E-state index in [0.29, 0.717) is 6.54 Å². The van der Waals surface area contributed by atoms with Crippen LogP contribution in [-0.2, 0) is 6.54 Å². The maximum Gasteiger partial charge on any atom is 0.0946 e. The van der Waals surface area contributed by atoms with E-state index in [0.717, 1.165) is 13.1 Å². The Hall–Kier alpha value is -0.870. The van der Waals surface area contributed by atoms with Crippen LogP contribution in [0.4, 0.5) is 0 Å². The third kappa shape index (κ3) is 4.05. The summed E-state index contributed by atoms with van der Waals surface area (Å²) in [5, 5.41) is 9.12. The number of nitrogens with zero attached hydrogens (tertiary/aromatic N) is 3. The van der Waals surface area contributed by atoms with Crippen LogP contribution < -0.4 is 0 Å². The predicted octanol–water partition coefficient (Wildman–Crippen LogP) is 0.196. The lowest BCUT2D eigenvalue weighted by Crippen LogP contribution is -2.29. The van der Waals surface area contributed by atoms with Crippen molar-refractivity contribution in [3.63, 3.8) is 0 Å². The normalized spacial score (nSPS) is 13.5. The van der Waals surface area contributed by atoms with Crippen molar-refractivity contribution >= 4 is 0 Å². The first-order chi connectivity index (χ1) is 6.18. The highest BCUT2D eigenvalue weighted by molar-refractivity contribution is 4.74.